The largest absolute Gasteiger partial charge is 0.347 e. The van der Waals surface area contributed by atoms with Gasteiger partial charge in [-0.15, -0.1) is 5.10 Å². The first-order valence-electron chi connectivity index (χ1n) is 5.71. The van der Waals surface area contributed by atoms with Crippen LogP contribution in [0.25, 0.3) is 0 Å². The Kier molecular flexibility index (Phi) is 3.84. The maximum Gasteiger partial charge on any atom is 0.341 e. The molecular formula is C10H15N7OS. The Bertz CT molecular complexity index is 592. The molecule has 2 aromatic rings. The number of hydrogen-bond donors (Lipinski definition) is 2. The molecule has 102 valence electrons. The van der Waals surface area contributed by atoms with E-state index in [4.69, 9.17) is 0 Å². The van der Waals surface area contributed by atoms with Gasteiger partial charge in [-0.05, 0) is 11.8 Å². The van der Waals surface area contributed by atoms with Crippen molar-refractivity contribution < 1.29 is 0 Å². The van der Waals surface area contributed by atoms with Crippen LogP contribution in [0.2, 0.25) is 0 Å². The summed E-state index contributed by atoms with van der Waals surface area (Å²) in [6.07, 6.45) is 0. The minimum Gasteiger partial charge on any atom is -0.347 e. The summed E-state index contributed by atoms with van der Waals surface area (Å²) < 4.78 is 0. The van der Waals surface area contributed by atoms with Crippen molar-refractivity contribution in [3.8, 4) is 0 Å². The predicted octanol–water partition coefficient (Wildman–Crippen LogP) is 0.624. The van der Waals surface area contributed by atoms with Gasteiger partial charge >= 0.3 is 5.69 Å². The Balaban J connectivity index is 2.36. The quantitative estimate of drug-likeness (QED) is 0.846. The number of rotatable bonds is 4. The van der Waals surface area contributed by atoms with Crippen molar-refractivity contribution in [1.29, 1.82) is 0 Å². The molecule has 0 saturated heterocycles. The summed E-state index contributed by atoms with van der Waals surface area (Å²) >= 11 is 1.18. The van der Waals surface area contributed by atoms with E-state index in [2.05, 4.69) is 30.1 Å². The predicted molar refractivity (Wildman–Crippen MR) is 71.6 cm³/mol. The summed E-state index contributed by atoms with van der Waals surface area (Å²) in [7, 11) is 3.73. The standard InChI is InChI=1S/C10H15N7OS/c1-5(2)6-11-7(17(3)4)13-9(12-6)19-10-14-8(18)15-16-10/h5H,1-4H3,(H2,14,15,16,18). The van der Waals surface area contributed by atoms with Gasteiger partial charge in [0.1, 0.15) is 5.82 Å². The molecule has 2 rings (SSSR count). The first kappa shape index (κ1) is 13.5. The van der Waals surface area contributed by atoms with E-state index in [1.54, 1.807) is 0 Å². The Morgan fingerprint density at radius 1 is 1.21 bits per heavy atom. The van der Waals surface area contributed by atoms with Crippen LogP contribution in [0.4, 0.5) is 5.95 Å². The Labute approximate surface area is 114 Å². The molecule has 19 heavy (non-hydrogen) atoms. The van der Waals surface area contributed by atoms with Gasteiger partial charge in [0.05, 0.1) is 0 Å². The molecule has 0 unspecified atom stereocenters. The second-order valence-corrected chi connectivity index (χ2v) is 5.37. The van der Waals surface area contributed by atoms with Gasteiger partial charge in [0, 0.05) is 20.0 Å². The Morgan fingerprint density at radius 2 is 1.95 bits per heavy atom. The van der Waals surface area contributed by atoms with Crippen molar-refractivity contribution in [3.05, 3.63) is 16.3 Å². The fourth-order valence-corrected chi connectivity index (χ4v) is 1.93. The number of nitrogens with zero attached hydrogens (tertiary/aromatic N) is 5. The lowest BCUT2D eigenvalue weighted by atomic mass is 10.2. The van der Waals surface area contributed by atoms with Crippen molar-refractivity contribution in [1.82, 2.24) is 30.1 Å². The van der Waals surface area contributed by atoms with Crippen LogP contribution in [0, 0.1) is 0 Å². The molecule has 2 aromatic heterocycles. The van der Waals surface area contributed by atoms with Crippen LogP contribution in [0.3, 0.4) is 0 Å². The van der Waals surface area contributed by atoms with Crippen LogP contribution in [0.5, 0.6) is 0 Å². The molecule has 9 heteroatoms. The van der Waals surface area contributed by atoms with Crippen molar-refractivity contribution in [2.75, 3.05) is 19.0 Å². The maximum atomic E-state index is 11.0. The summed E-state index contributed by atoms with van der Waals surface area (Å²) in [5.41, 5.74) is -0.353. The number of aromatic nitrogens is 6. The zero-order valence-corrected chi connectivity index (χ0v) is 11.9. The number of H-pyrrole nitrogens is 2. The zero-order chi connectivity index (χ0) is 14.0. The monoisotopic (exact) mass is 281 g/mol. The summed E-state index contributed by atoms with van der Waals surface area (Å²) in [6.45, 7) is 4.03. The van der Waals surface area contributed by atoms with Crippen molar-refractivity contribution >= 4 is 17.7 Å². The molecule has 2 N–H and O–H groups in total. The van der Waals surface area contributed by atoms with Crippen LogP contribution in [-0.4, -0.2) is 44.2 Å². The number of aromatic amines is 2. The van der Waals surface area contributed by atoms with Crippen molar-refractivity contribution in [3.63, 3.8) is 0 Å². The second-order valence-electron chi connectivity index (χ2n) is 4.41. The van der Waals surface area contributed by atoms with E-state index in [1.165, 1.54) is 11.8 Å². The fraction of sp³-hybridized carbons (Fsp3) is 0.500. The molecule has 0 aliphatic heterocycles. The third-order valence-electron chi connectivity index (χ3n) is 2.20. The molecule has 8 nitrogen and oxygen atoms in total. The van der Waals surface area contributed by atoms with Gasteiger partial charge < -0.3 is 4.90 Å². The van der Waals surface area contributed by atoms with Crippen molar-refractivity contribution in [2.24, 2.45) is 0 Å². The van der Waals surface area contributed by atoms with Gasteiger partial charge in [0.25, 0.3) is 0 Å². The van der Waals surface area contributed by atoms with E-state index in [0.29, 0.717) is 22.1 Å². The van der Waals surface area contributed by atoms with Crippen LogP contribution in [-0.2, 0) is 0 Å². The first-order valence-corrected chi connectivity index (χ1v) is 6.53. The lowest BCUT2D eigenvalue weighted by molar-refractivity contribution is 0.715. The molecule has 0 spiro atoms. The maximum absolute atomic E-state index is 11.0. The summed E-state index contributed by atoms with van der Waals surface area (Å²) in [5, 5.41) is 7.05. The molecule has 0 radical (unpaired) electrons. The minimum absolute atomic E-state index is 0.194. The topological polar surface area (TPSA) is 103 Å². The SMILES string of the molecule is CC(C)c1nc(Sc2n[nH]c(=O)[nH]2)nc(N(C)C)n1. The number of anilines is 1. The van der Waals surface area contributed by atoms with Crippen LogP contribution < -0.4 is 10.6 Å². The lowest BCUT2D eigenvalue weighted by Gasteiger charge is -2.13. The van der Waals surface area contributed by atoms with E-state index in [9.17, 15) is 4.79 Å². The van der Waals surface area contributed by atoms with Gasteiger partial charge in [-0.3, -0.25) is 4.98 Å². The minimum atomic E-state index is -0.353. The molecule has 0 aliphatic rings. The highest BCUT2D eigenvalue weighted by molar-refractivity contribution is 7.99. The molecule has 0 aromatic carbocycles. The van der Waals surface area contributed by atoms with E-state index >= 15 is 0 Å². The molecule has 0 amide bonds. The highest BCUT2D eigenvalue weighted by Gasteiger charge is 2.13. The number of nitrogens with one attached hydrogen (secondary N) is 2. The van der Waals surface area contributed by atoms with Gasteiger partial charge in [-0.1, -0.05) is 13.8 Å². The third kappa shape index (κ3) is 3.31. The van der Waals surface area contributed by atoms with Gasteiger partial charge in [0.2, 0.25) is 11.1 Å². The van der Waals surface area contributed by atoms with Gasteiger partial charge in [-0.2, -0.15) is 9.97 Å². The molecule has 0 aliphatic carbocycles. The van der Waals surface area contributed by atoms with Crippen LogP contribution in [0.15, 0.2) is 15.1 Å². The molecule has 0 atom stereocenters. The lowest BCUT2D eigenvalue weighted by Crippen LogP contribution is -2.15. The van der Waals surface area contributed by atoms with Crippen LogP contribution >= 0.6 is 11.8 Å². The molecule has 0 saturated carbocycles. The van der Waals surface area contributed by atoms with E-state index in [-0.39, 0.29) is 11.6 Å². The number of hydrogen-bond acceptors (Lipinski definition) is 7. The molecule has 0 bridgehead atoms. The van der Waals surface area contributed by atoms with E-state index < -0.39 is 0 Å². The van der Waals surface area contributed by atoms with Gasteiger partial charge in [-0.25, -0.2) is 14.9 Å². The fourth-order valence-electron chi connectivity index (χ4n) is 1.25. The van der Waals surface area contributed by atoms with Crippen LogP contribution in [0.1, 0.15) is 25.6 Å². The summed E-state index contributed by atoms with van der Waals surface area (Å²) in [4.78, 5) is 28.4. The van der Waals surface area contributed by atoms with E-state index in [1.807, 2.05) is 32.8 Å². The normalized spacial score (nSPS) is 11.0. The Hall–Kier alpha value is -1.90. The van der Waals surface area contributed by atoms with E-state index in [0.717, 1.165) is 0 Å². The molecule has 0 fully saturated rings. The highest BCUT2D eigenvalue weighted by atomic mass is 32.2. The highest BCUT2D eigenvalue weighted by Crippen LogP contribution is 2.22. The molecular weight excluding hydrogens is 266 g/mol. The first-order chi connectivity index (χ1) is 8.95. The average Bonchev–Trinajstić information content (AvgIpc) is 2.74. The third-order valence-corrected chi connectivity index (χ3v) is 2.96. The zero-order valence-electron chi connectivity index (χ0n) is 11.1. The Morgan fingerprint density at radius 3 is 2.47 bits per heavy atom. The molecule has 2 heterocycles. The average molecular weight is 281 g/mol. The summed E-state index contributed by atoms with van der Waals surface area (Å²) in [6, 6.07) is 0. The van der Waals surface area contributed by atoms with Crippen molar-refractivity contribution in [2.45, 2.75) is 30.1 Å². The van der Waals surface area contributed by atoms with Gasteiger partial charge in [0.15, 0.2) is 5.16 Å². The second kappa shape index (κ2) is 5.39. The summed E-state index contributed by atoms with van der Waals surface area (Å²) in [5.74, 6) is 1.48. The smallest absolute Gasteiger partial charge is 0.341 e.